The molecule has 2 aromatic carbocycles. The van der Waals surface area contributed by atoms with E-state index in [0.717, 1.165) is 59.6 Å². The summed E-state index contributed by atoms with van der Waals surface area (Å²) in [7, 11) is 1.73. The normalized spacial score (nSPS) is 16.4. The molecule has 0 bridgehead atoms. The first-order valence-electron chi connectivity index (χ1n) is 13.9. The maximum atomic E-state index is 13.3. The molecule has 4 N–H and O–H groups in total. The number of nitrogens with zero attached hydrogens (tertiary/aromatic N) is 4. The summed E-state index contributed by atoms with van der Waals surface area (Å²) in [5, 5.41) is 1.91. The Bertz CT molecular complexity index is 1440. The van der Waals surface area contributed by atoms with Gasteiger partial charge in [-0.1, -0.05) is 41.9 Å². The van der Waals surface area contributed by atoms with Gasteiger partial charge in [0.25, 0.3) is 0 Å². The van der Waals surface area contributed by atoms with Gasteiger partial charge in [0.2, 0.25) is 11.9 Å². The van der Waals surface area contributed by atoms with E-state index in [4.69, 9.17) is 27.8 Å². The number of likely N-dealkylation sites (tertiary alicyclic amines) is 1. The molecule has 0 radical (unpaired) electrons. The van der Waals surface area contributed by atoms with Crippen LogP contribution in [0.4, 0.5) is 5.95 Å². The average Bonchev–Trinajstić information content (AvgIpc) is 3.31. The number of ether oxygens (including phenoxy) is 1. The average molecular weight is 561 g/mol. The van der Waals surface area contributed by atoms with Crippen molar-refractivity contribution in [3.05, 3.63) is 77.2 Å². The minimum atomic E-state index is -0.249. The highest BCUT2D eigenvalue weighted by Gasteiger charge is 2.28. The van der Waals surface area contributed by atoms with Crippen molar-refractivity contribution in [1.82, 2.24) is 19.4 Å². The molecule has 1 fully saturated rings. The van der Waals surface area contributed by atoms with Crippen LogP contribution in [0.1, 0.15) is 42.9 Å². The Kier molecular flexibility index (Phi) is 8.99. The zero-order chi connectivity index (χ0) is 28.1. The zero-order valence-corrected chi connectivity index (χ0v) is 23.7. The van der Waals surface area contributed by atoms with E-state index in [9.17, 15) is 4.79 Å². The number of methoxy groups -OCH3 is 1. The Balaban J connectivity index is 1.22. The number of fused-ring (bicyclic) bond motifs is 1. The van der Waals surface area contributed by atoms with Gasteiger partial charge in [-0.25, -0.2) is 9.97 Å². The van der Waals surface area contributed by atoms with E-state index in [1.165, 1.54) is 11.1 Å². The van der Waals surface area contributed by atoms with E-state index in [-0.39, 0.29) is 23.8 Å². The van der Waals surface area contributed by atoms with E-state index < -0.39 is 0 Å². The molecule has 9 heteroatoms. The second kappa shape index (κ2) is 12.8. The highest BCUT2D eigenvalue weighted by Crippen LogP contribution is 2.33. The standard InChI is InChI=1S/C31H37ClN6O2/c1-40-13-3-12-38-28(15-23-9-10-26(32)16-29(23)38)24-4-2-11-37(20-24)30(39)17-27(33)14-21-5-7-22(8-6-21)25-18-35-31(34)36-19-25/h5-10,15-16,18-19,24,27H,2-4,11-14,17,20,33H2,1H3,(H2,34,35,36). The predicted octanol–water partition coefficient (Wildman–Crippen LogP) is 5.04. The molecule has 1 amide bonds. The van der Waals surface area contributed by atoms with Gasteiger partial charge < -0.3 is 25.7 Å². The van der Waals surface area contributed by atoms with Crippen LogP contribution in [0, 0.1) is 0 Å². The third-order valence-corrected chi connectivity index (χ3v) is 7.95. The fourth-order valence-electron chi connectivity index (χ4n) is 5.70. The Hall–Kier alpha value is -3.46. The van der Waals surface area contributed by atoms with Gasteiger partial charge in [0.05, 0.1) is 0 Å². The van der Waals surface area contributed by atoms with Gasteiger partial charge >= 0.3 is 0 Å². The number of aromatic nitrogens is 3. The zero-order valence-electron chi connectivity index (χ0n) is 22.9. The highest BCUT2D eigenvalue weighted by atomic mass is 35.5. The summed E-state index contributed by atoms with van der Waals surface area (Å²) in [6.07, 6.45) is 7.32. The lowest BCUT2D eigenvalue weighted by Gasteiger charge is -2.34. The molecule has 5 rings (SSSR count). The molecular formula is C31H37ClN6O2. The molecule has 1 aliphatic rings. The highest BCUT2D eigenvalue weighted by molar-refractivity contribution is 6.31. The summed E-state index contributed by atoms with van der Waals surface area (Å²) in [6.45, 7) is 3.03. The quantitative estimate of drug-likeness (QED) is 0.263. The number of rotatable bonds is 10. The van der Waals surface area contributed by atoms with Crippen molar-refractivity contribution in [2.24, 2.45) is 5.73 Å². The number of anilines is 1. The molecule has 3 heterocycles. The molecule has 4 aromatic rings. The molecule has 210 valence electrons. The van der Waals surface area contributed by atoms with Gasteiger partial charge in [0.15, 0.2) is 0 Å². The summed E-state index contributed by atoms with van der Waals surface area (Å²) < 4.78 is 7.67. The lowest BCUT2D eigenvalue weighted by atomic mass is 9.93. The summed E-state index contributed by atoms with van der Waals surface area (Å²) in [5.74, 6) is 0.649. The van der Waals surface area contributed by atoms with Crippen molar-refractivity contribution >= 4 is 34.4 Å². The number of benzene rings is 2. The van der Waals surface area contributed by atoms with Crippen molar-refractivity contribution < 1.29 is 9.53 Å². The van der Waals surface area contributed by atoms with Crippen molar-refractivity contribution in [1.29, 1.82) is 0 Å². The topological polar surface area (TPSA) is 112 Å². The molecule has 2 atom stereocenters. The number of aryl methyl sites for hydroxylation is 1. The van der Waals surface area contributed by atoms with E-state index >= 15 is 0 Å². The second-order valence-corrected chi connectivity index (χ2v) is 11.1. The summed E-state index contributed by atoms with van der Waals surface area (Å²) in [4.78, 5) is 23.5. The van der Waals surface area contributed by atoms with Gasteiger partial charge in [-0.3, -0.25) is 4.79 Å². The summed E-state index contributed by atoms with van der Waals surface area (Å²) in [5.41, 5.74) is 17.5. The van der Waals surface area contributed by atoms with Crippen molar-refractivity contribution in [2.75, 3.05) is 32.5 Å². The lowest BCUT2D eigenvalue weighted by molar-refractivity contribution is -0.132. The Morgan fingerprint density at radius 2 is 1.90 bits per heavy atom. The maximum Gasteiger partial charge on any atom is 0.224 e. The molecule has 0 saturated carbocycles. The Morgan fingerprint density at radius 1 is 1.12 bits per heavy atom. The number of halogens is 1. The molecule has 8 nitrogen and oxygen atoms in total. The van der Waals surface area contributed by atoms with Crippen LogP contribution in [0.3, 0.4) is 0 Å². The summed E-state index contributed by atoms with van der Waals surface area (Å²) in [6, 6.07) is 16.2. The largest absolute Gasteiger partial charge is 0.385 e. The fourth-order valence-corrected chi connectivity index (χ4v) is 5.86. The number of hydrogen-bond donors (Lipinski definition) is 2. The molecule has 40 heavy (non-hydrogen) atoms. The number of hydrogen-bond acceptors (Lipinski definition) is 6. The van der Waals surface area contributed by atoms with Crippen LogP contribution in [0.2, 0.25) is 5.02 Å². The third-order valence-electron chi connectivity index (χ3n) is 7.71. The third kappa shape index (κ3) is 6.63. The van der Waals surface area contributed by atoms with Crippen LogP contribution >= 0.6 is 11.6 Å². The van der Waals surface area contributed by atoms with Crippen LogP contribution < -0.4 is 11.5 Å². The predicted molar refractivity (Wildman–Crippen MR) is 160 cm³/mol. The van der Waals surface area contributed by atoms with Gasteiger partial charge in [-0.15, -0.1) is 0 Å². The van der Waals surface area contributed by atoms with Crippen LogP contribution in [0.25, 0.3) is 22.0 Å². The lowest BCUT2D eigenvalue weighted by Crippen LogP contribution is -2.42. The van der Waals surface area contributed by atoms with Gasteiger partial charge in [-0.05, 0) is 60.4 Å². The first kappa shape index (κ1) is 28.1. The van der Waals surface area contributed by atoms with Crippen LogP contribution in [-0.4, -0.2) is 58.2 Å². The van der Waals surface area contributed by atoms with E-state index in [1.54, 1.807) is 19.5 Å². The van der Waals surface area contributed by atoms with Crippen molar-refractivity contribution in [3.63, 3.8) is 0 Å². The number of piperidine rings is 1. The molecule has 2 unspecified atom stereocenters. The molecule has 0 aliphatic carbocycles. The number of nitrogens with two attached hydrogens (primary N) is 2. The Labute approximate surface area is 240 Å². The van der Waals surface area contributed by atoms with Crippen molar-refractivity contribution in [2.45, 2.75) is 50.6 Å². The van der Waals surface area contributed by atoms with Gasteiger partial charge in [0, 0.05) is 85.9 Å². The monoisotopic (exact) mass is 560 g/mol. The first-order valence-corrected chi connectivity index (χ1v) is 14.3. The van der Waals surface area contributed by atoms with Gasteiger partial charge in [-0.2, -0.15) is 0 Å². The minimum Gasteiger partial charge on any atom is -0.385 e. The van der Waals surface area contributed by atoms with Gasteiger partial charge in [0.1, 0.15) is 0 Å². The van der Waals surface area contributed by atoms with E-state index in [1.807, 2.05) is 41.3 Å². The molecular weight excluding hydrogens is 524 g/mol. The first-order chi connectivity index (χ1) is 19.4. The fraction of sp³-hybridized carbons (Fsp3) is 0.387. The maximum absolute atomic E-state index is 13.3. The van der Waals surface area contributed by atoms with Crippen LogP contribution in [0.5, 0.6) is 0 Å². The van der Waals surface area contributed by atoms with E-state index in [0.29, 0.717) is 26.0 Å². The molecule has 1 aliphatic heterocycles. The second-order valence-electron chi connectivity index (χ2n) is 10.6. The summed E-state index contributed by atoms with van der Waals surface area (Å²) >= 11 is 6.35. The molecule has 1 saturated heterocycles. The minimum absolute atomic E-state index is 0.123. The smallest absolute Gasteiger partial charge is 0.224 e. The molecule has 0 spiro atoms. The number of carbonyl (C=O) groups is 1. The SMILES string of the molecule is COCCCn1c(C2CCCN(C(=O)CC(N)Cc3ccc(-c4cnc(N)nc4)cc3)C2)cc2ccc(Cl)cc21. The van der Waals surface area contributed by atoms with Crippen LogP contribution in [0.15, 0.2) is 60.9 Å². The number of nitrogen functional groups attached to an aromatic ring is 1. The number of amides is 1. The molecule has 2 aromatic heterocycles. The van der Waals surface area contributed by atoms with Crippen LogP contribution in [-0.2, 0) is 22.5 Å². The number of carbonyl (C=O) groups excluding carboxylic acids is 1. The van der Waals surface area contributed by atoms with E-state index in [2.05, 4.69) is 26.7 Å². The van der Waals surface area contributed by atoms with Crippen molar-refractivity contribution in [3.8, 4) is 11.1 Å². The Morgan fingerprint density at radius 3 is 2.65 bits per heavy atom.